The van der Waals surface area contributed by atoms with Crippen LogP contribution in [0.3, 0.4) is 0 Å². The lowest BCUT2D eigenvalue weighted by molar-refractivity contribution is -0.134. The van der Waals surface area contributed by atoms with Gasteiger partial charge in [0.05, 0.1) is 12.1 Å². The highest BCUT2D eigenvalue weighted by Gasteiger charge is 2.25. The lowest BCUT2D eigenvalue weighted by Crippen LogP contribution is -2.49. The first-order valence-corrected chi connectivity index (χ1v) is 5.77. The number of hydrogen-bond donors (Lipinski definition) is 1. The summed E-state index contributed by atoms with van der Waals surface area (Å²) in [7, 11) is 1.79. The number of carbonyl (C=O) groups excluding carboxylic acids is 1. The van der Waals surface area contributed by atoms with Crippen LogP contribution >= 0.6 is 23.7 Å². The second-order valence-corrected chi connectivity index (χ2v) is 5.41. The van der Waals surface area contributed by atoms with Gasteiger partial charge in [-0.3, -0.25) is 4.79 Å². The molecule has 3 nitrogen and oxygen atoms in total. The van der Waals surface area contributed by atoms with E-state index in [2.05, 4.69) is 13.0 Å². The van der Waals surface area contributed by atoms with E-state index in [-0.39, 0.29) is 18.3 Å². The van der Waals surface area contributed by atoms with Gasteiger partial charge in [-0.25, -0.2) is 0 Å². The third-order valence-corrected chi connectivity index (χ3v) is 3.25. The molecule has 5 heteroatoms. The Balaban J connectivity index is 0.00000225. The molecule has 2 N–H and O–H groups in total. The van der Waals surface area contributed by atoms with Gasteiger partial charge >= 0.3 is 0 Å². The number of nitrogens with two attached hydrogens (primary N) is 1. The molecule has 0 aromatic carbocycles. The first-order chi connectivity index (χ1) is 6.82. The van der Waals surface area contributed by atoms with Crippen LogP contribution in [0.5, 0.6) is 0 Å². The van der Waals surface area contributed by atoms with Gasteiger partial charge in [-0.2, -0.15) is 0 Å². The van der Waals surface area contributed by atoms with E-state index in [9.17, 15) is 4.79 Å². The predicted molar refractivity (Wildman–Crippen MR) is 71.0 cm³/mol. The molecule has 16 heavy (non-hydrogen) atoms. The second-order valence-electron chi connectivity index (χ2n) is 4.41. The van der Waals surface area contributed by atoms with E-state index in [1.54, 1.807) is 37.1 Å². The van der Waals surface area contributed by atoms with Crippen molar-refractivity contribution in [1.29, 1.82) is 0 Å². The fourth-order valence-corrected chi connectivity index (χ4v) is 2.30. The zero-order valence-corrected chi connectivity index (χ0v) is 11.7. The van der Waals surface area contributed by atoms with Gasteiger partial charge in [0.2, 0.25) is 5.91 Å². The monoisotopic (exact) mass is 262 g/mol. The largest absolute Gasteiger partial charge is 0.339 e. The maximum Gasteiger partial charge on any atom is 0.242 e. The lowest BCUT2D eigenvalue weighted by atomic mass is 10.1. The summed E-state index contributed by atoms with van der Waals surface area (Å²) in [5.74, 6) is -0.0321. The van der Waals surface area contributed by atoms with Crippen molar-refractivity contribution in [2.75, 3.05) is 7.05 Å². The zero-order valence-electron chi connectivity index (χ0n) is 10.1. The topological polar surface area (TPSA) is 46.3 Å². The minimum atomic E-state index is -0.792. The Kier molecular flexibility index (Phi) is 5.46. The van der Waals surface area contributed by atoms with Crippen LogP contribution in [0.25, 0.3) is 0 Å². The van der Waals surface area contributed by atoms with Crippen LogP contribution in [0.2, 0.25) is 0 Å². The molecule has 1 rings (SSSR count). The Hall–Kier alpha value is -0.580. The Bertz CT molecular complexity index is 357. The van der Waals surface area contributed by atoms with Gasteiger partial charge in [-0.15, -0.1) is 23.7 Å². The third kappa shape index (κ3) is 3.77. The molecule has 1 aromatic rings. The predicted octanol–water partition coefficient (Wildman–Crippen LogP) is 2.17. The van der Waals surface area contributed by atoms with Crippen molar-refractivity contribution < 1.29 is 4.79 Å². The number of carbonyl (C=O) groups is 1. The molecule has 0 bridgehead atoms. The maximum absolute atomic E-state index is 11.8. The summed E-state index contributed by atoms with van der Waals surface area (Å²) in [6.07, 6.45) is 0. The van der Waals surface area contributed by atoms with Crippen LogP contribution in [0, 0.1) is 6.92 Å². The van der Waals surface area contributed by atoms with Crippen molar-refractivity contribution in [1.82, 2.24) is 4.90 Å². The van der Waals surface area contributed by atoms with Crippen LogP contribution in [0.15, 0.2) is 11.4 Å². The summed E-state index contributed by atoms with van der Waals surface area (Å²) in [5.41, 5.74) is 6.20. The Morgan fingerprint density at radius 3 is 2.50 bits per heavy atom. The summed E-state index contributed by atoms with van der Waals surface area (Å²) in [4.78, 5) is 14.7. The summed E-state index contributed by atoms with van der Waals surface area (Å²) >= 11 is 1.67. The van der Waals surface area contributed by atoms with E-state index < -0.39 is 5.54 Å². The lowest BCUT2D eigenvalue weighted by Gasteiger charge is -2.25. The fourth-order valence-electron chi connectivity index (χ4n) is 1.35. The van der Waals surface area contributed by atoms with Gasteiger partial charge in [0.1, 0.15) is 0 Å². The minimum absolute atomic E-state index is 0. The average molecular weight is 263 g/mol. The highest BCUT2D eigenvalue weighted by molar-refractivity contribution is 7.10. The van der Waals surface area contributed by atoms with Gasteiger partial charge in [0.25, 0.3) is 0 Å². The van der Waals surface area contributed by atoms with Gasteiger partial charge in [-0.05, 0) is 37.8 Å². The number of aryl methyl sites for hydroxylation is 1. The van der Waals surface area contributed by atoms with Crippen molar-refractivity contribution in [2.24, 2.45) is 5.73 Å². The normalized spacial score (nSPS) is 10.8. The van der Waals surface area contributed by atoms with Crippen molar-refractivity contribution in [3.63, 3.8) is 0 Å². The number of likely N-dealkylation sites (N-methyl/N-ethyl adjacent to an activating group) is 1. The van der Waals surface area contributed by atoms with Crippen LogP contribution in [-0.4, -0.2) is 23.4 Å². The quantitative estimate of drug-likeness (QED) is 0.908. The molecule has 0 aliphatic carbocycles. The SMILES string of the molecule is Cc1ccsc1CN(C)C(=O)C(C)(C)N.Cl. The number of hydrogen-bond acceptors (Lipinski definition) is 3. The molecule has 92 valence electrons. The molecule has 0 radical (unpaired) electrons. The smallest absolute Gasteiger partial charge is 0.242 e. The standard InChI is InChI=1S/C11H18N2OS.ClH/c1-8-5-6-15-9(8)7-13(4)10(14)11(2,3)12;/h5-6H,7,12H2,1-4H3;1H. The number of rotatable bonds is 3. The van der Waals surface area contributed by atoms with Gasteiger partial charge in [0.15, 0.2) is 0 Å². The molecule has 1 heterocycles. The average Bonchev–Trinajstić information content (AvgIpc) is 2.49. The first kappa shape index (κ1) is 15.4. The molecule has 0 aliphatic rings. The number of thiophene rings is 1. The van der Waals surface area contributed by atoms with Crippen molar-refractivity contribution in [3.05, 3.63) is 21.9 Å². The fraction of sp³-hybridized carbons (Fsp3) is 0.545. The number of nitrogens with zero attached hydrogens (tertiary/aromatic N) is 1. The van der Waals surface area contributed by atoms with Gasteiger partial charge < -0.3 is 10.6 Å². The van der Waals surface area contributed by atoms with Crippen molar-refractivity contribution in [2.45, 2.75) is 32.9 Å². The molecular formula is C11H19ClN2OS. The van der Waals surface area contributed by atoms with Crippen molar-refractivity contribution in [3.8, 4) is 0 Å². The second kappa shape index (κ2) is 5.66. The third-order valence-electron chi connectivity index (χ3n) is 2.25. The minimum Gasteiger partial charge on any atom is -0.339 e. The van der Waals surface area contributed by atoms with Gasteiger partial charge in [-0.1, -0.05) is 0 Å². The van der Waals surface area contributed by atoms with E-state index >= 15 is 0 Å². The van der Waals surface area contributed by atoms with Crippen LogP contribution in [-0.2, 0) is 11.3 Å². The highest BCUT2D eigenvalue weighted by Crippen LogP contribution is 2.18. The maximum atomic E-state index is 11.8. The van der Waals surface area contributed by atoms with E-state index in [0.29, 0.717) is 6.54 Å². The molecule has 0 saturated heterocycles. The van der Waals surface area contributed by atoms with Crippen molar-refractivity contribution >= 4 is 29.7 Å². The highest BCUT2D eigenvalue weighted by atomic mass is 35.5. The Morgan fingerprint density at radius 2 is 2.12 bits per heavy atom. The molecule has 0 fully saturated rings. The molecule has 0 saturated carbocycles. The molecule has 1 amide bonds. The van der Waals surface area contributed by atoms with E-state index in [1.807, 2.05) is 5.38 Å². The molecule has 0 atom stereocenters. The summed E-state index contributed by atoms with van der Waals surface area (Å²) in [6, 6.07) is 2.06. The molecule has 0 unspecified atom stereocenters. The summed E-state index contributed by atoms with van der Waals surface area (Å²) in [6.45, 7) is 6.15. The number of amides is 1. The molecular weight excluding hydrogens is 244 g/mol. The molecule has 0 aliphatic heterocycles. The summed E-state index contributed by atoms with van der Waals surface area (Å²) < 4.78 is 0. The Morgan fingerprint density at radius 1 is 1.56 bits per heavy atom. The summed E-state index contributed by atoms with van der Waals surface area (Å²) in [5, 5.41) is 2.04. The van der Waals surface area contributed by atoms with E-state index in [1.165, 1.54) is 10.4 Å². The van der Waals surface area contributed by atoms with E-state index in [4.69, 9.17) is 5.73 Å². The van der Waals surface area contributed by atoms with E-state index in [0.717, 1.165) is 0 Å². The first-order valence-electron chi connectivity index (χ1n) is 4.90. The van der Waals surface area contributed by atoms with Crippen LogP contribution in [0.4, 0.5) is 0 Å². The Labute approximate surface area is 107 Å². The molecule has 0 spiro atoms. The van der Waals surface area contributed by atoms with Crippen LogP contribution < -0.4 is 5.73 Å². The van der Waals surface area contributed by atoms with Crippen LogP contribution in [0.1, 0.15) is 24.3 Å². The number of halogens is 1. The zero-order chi connectivity index (χ0) is 11.6. The van der Waals surface area contributed by atoms with Gasteiger partial charge in [0, 0.05) is 11.9 Å². The molecule has 1 aromatic heterocycles.